The fraction of sp³-hybridized carbons (Fsp3) is 1.00. The van der Waals surface area contributed by atoms with Crippen molar-refractivity contribution in [3.63, 3.8) is 0 Å². The van der Waals surface area contributed by atoms with E-state index in [1.54, 1.807) is 0 Å². The van der Waals surface area contributed by atoms with Gasteiger partial charge in [0, 0.05) is 25.2 Å². The van der Waals surface area contributed by atoms with Crippen LogP contribution in [0, 0.1) is 0 Å². The number of likely N-dealkylation sites (N-methyl/N-ethyl adjacent to an activating group) is 2. The standard InChI is InChI=1S/C13H29N3/c1-5-12(10-14-6-2)16-9-7-8-13(16)11-15(3)4/h12-14H,5-11H2,1-4H3. The summed E-state index contributed by atoms with van der Waals surface area (Å²) in [5.74, 6) is 0. The Morgan fingerprint density at radius 3 is 2.69 bits per heavy atom. The summed E-state index contributed by atoms with van der Waals surface area (Å²) < 4.78 is 0. The molecule has 1 rings (SSSR count). The molecule has 0 aliphatic carbocycles. The molecule has 3 heteroatoms. The third kappa shape index (κ3) is 4.04. The summed E-state index contributed by atoms with van der Waals surface area (Å²) in [5.41, 5.74) is 0. The molecule has 1 saturated heterocycles. The highest BCUT2D eigenvalue weighted by atomic mass is 15.2. The zero-order chi connectivity index (χ0) is 12.0. The summed E-state index contributed by atoms with van der Waals surface area (Å²) in [4.78, 5) is 5.05. The first kappa shape index (κ1) is 13.9. The normalized spacial score (nSPS) is 24.2. The van der Waals surface area contributed by atoms with Gasteiger partial charge in [0.1, 0.15) is 0 Å². The molecule has 1 heterocycles. The van der Waals surface area contributed by atoms with Crippen LogP contribution in [0.1, 0.15) is 33.1 Å². The van der Waals surface area contributed by atoms with Crippen LogP contribution in [0.5, 0.6) is 0 Å². The van der Waals surface area contributed by atoms with Crippen LogP contribution in [0.2, 0.25) is 0 Å². The smallest absolute Gasteiger partial charge is 0.0226 e. The highest BCUT2D eigenvalue weighted by Gasteiger charge is 2.29. The van der Waals surface area contributed by atoms with Crippen LogP contribution in [0.4, 0.5) is 0 Å². The highest BCUT2D eigenvalue weighted by molar-refractivity contribution is 4.86. The van der Waals surface area contributed by atoms with Crippen molar-refractivity contribution in [1.29, 1.82) is 0 Å². The number of nitrogens with one attached hydrogen (secondary N) is 1. The molecule has 0 amide bonds. The van der Waals surface area contributed by atoms with Gasteiger partial charge in [0.25, 0.3) is 0 Å². The minimum atomic E-state index is 0.729. The molecule has 2 unspecified atom stereocenters. The van der Waals surface area contributed by atoms with Crippen molar-refractivity contribution in [2.45, 2.75) is 45.2 Å². The molecule has 16 heavy (non-hydrogen) atoms. The Morgan fingerprint density at radius 1 is 1.38 bits per heavy atom. The number of hydrogen-bond donors (Lipinski definition) is 1. The van der Waals surface area contributed by atoms with E-state index in [9.17, 15) is 0 Å². The Hall–Kier alpha value is -0.120. The van der Waals surface area contributed by atoms with Crippen LogP contribution >= 0.6 is 0 Å². The lowest BCUT2D eigenvalue weighted by atomic mass is 10.1. The molecule has 0 aromatic rings. The highest BCUT2D eigenvalue weighted by Crippen LogP contribution is 2.21. The van der Waals surface area contributed by atoms with Crippen LogP contribution in [0.3, 0.4) is 0 Å². The van der Waals surface area contributed by atoms with Crippen molar-refractivity contribution in [1.82, 2.24) is 15.1 Å². The second kappa shape index (κ2) is 7.25. The molecule has 0 spiro atoms. The van der Waals surface area contributed by atoms with Gasteiger partial charge in [0.05, 0.1) is 0 Å². The maximum atomic E-state index is 3.49. The predicted octanol–water partition coefficient (Wildman–Crippen LogP) is 1.40. The van der Waals surface area contributed by atoms with Gasteiger partial charge in [-0.1, -0.05) is 13.8 Å². The Kier molecular flexibility index (Phi) is 6.32. The molecule has 1 N–H and O–H groups in total. The van der Waals surface area contributed by atoms with E-state index in [1.807, 2.05) is 0 Å². The Morgan fingerprint density at radius 2 is 2.12 bits per heavy atom. The van der Waals surface area contributed by atoms with E-state index >= 15 is 0 Å². The molecule has 96 valence electrons. The first-order valence-corrected chi connectivity index (χ1v) is 6.80. The number of nitrogens with zero attached hydrogens (tertiary/aromatic N) is 2. The Labute approximate surface area is 101 Å². The summed E-state index contributed by atoms with van der Waals surface area (Å²) in [6.45, 7) is 9.24. The van der Waals surface area contributed by atoms with Crippen LogP contribution in [0.15, 0.2) is 0 Å². The average molecular weight is 227 g/mol. The molecule has 0 radical (unpaired) electrons. The molecule has 0 bridgehead atoms. The first-order chi connectivity index (χ1) is 7.69. The van der Waals surface area contributed by atoms with Crippen molar-refractivity contribution in [2.75, 3.05) is 40.3 Å². The molecule has 1 fully saturated rings. The summed E-state index contributed by atoms with van der Waals surface area (Å²) in [7, 11) is 4.36. The average Bonchev–Trinajstić information content (AvgIpc) is 2.67. The zero-order valence-electron chi connectivity index (χ0n) is 11.5. The summed E-state index contributed by atoms with van der Waals surface area (Å²) in [6.07, 6.45) is 4.01. The maximum absolute atomic E-state index is 3.49. The first-order valence-electron chi connectivity index (χ1n) is 6.80. The molecule has 0 aromatic carbocycles. The molecule has 0 saturated carbocycles. The fourth-order valence-electron chi connectivity index (χ4n) is 2.76. The van der Waals surface area contributed by atoms with Gasteiger partial charge in [0.15, 0.2) is 0 Å². The van der Waals surface area contributed by atoms with E-state index in [0.717, 1.165) is 25.2 Å². The largest absolute Gasteiger partial charge is 0.315 e. The maximum Gasteiger partial charge on any atom is 0.0226 e. The monoisotopic (exact) mass is 227 g/mol. The molecule has 0 aromatic heterocycles. The van der Waals surface area contributed by atoms with E-state index in [0.29, 0.717) is 0 Å². The van der Waals surface area contributed by atoms with Crippen molar-refractivity contribution in [3.8, 4) is 0 Å². The van der Waals surface area contributed by atoms with E-state index in [4.69, 9.17) is 0 Å². The van der Waals surface area contributed by atoms with E-state index in [1.165, 1.54) is 32.4 Å². The lowest BCUT2D eigenvalue weighted by Crippen LogP contribution is -2.47. The van der Waals surface area contributed by atoms with Gasteiger partial charge >= 0.3 is 0 Å². The van der Waals surface area contributed by atoms with Crippen molar-refractivity contribution in [2.24, 2.45) is 0 Å². The molecule has 1 aliphatic rings. The molecular formula is C13H29N3. The fourth-order valence-corrected chi connectivity index (χ4v) is 2.76. The van der Waals surface area contributed by atoms with Crippen molar-refractivity contribution < 1.29 is 0 Å². The summed E-state index contributed by atoms with van der Waals surface area (Å²) in [6, 6.07) is 1.51. The molecular weight excluding hydrogens is 198 g/mol. The van der Waals surface area contributed by atoms with Gasteiger partial charge in [-0.3, -0.25) is 4.90 Å². The SMILES string of the molecule is CCNCC(CC)N1CCCC1CN(C)C. The summed E-state index contributed by atoms with van der Waals surface area (Å²) in [5, 5.41) is 3.49. The minimum absolute atomic E-state index is 0.729. The number of likely N-dealkylation sites (tertiary alicyclic amines) is 1. The second-order valence-corrected chi connectivity index (χ2v) is 5.17. The van der Waals surface area contributed by atoms with Gasteiger partial charge in [-0.25, -0.2) is 0 Å². The van der Waals surface area contributed by atoms with E-state index in [2.05, 4.69) is 43.1 Å². The third-order valence-corrected chi connectivity index (χ3v) is 3.57. The van der Waals surface area contributed by atoms with Crippen LogP contribution in [-0.2, 0) is 0 Å². The van der Waals surface area contributed by atoms with Gasteiger partial charge in [0.2, 0.25) is 0 Å². The Balaban J connectivity index is 2.46. The summed E-state index contributed by atoms with van der Waals surface area (Å²) >= 11 is 0. The van der Waals surface area contributed by atoms with E-state index in [-0.39, 0.29) is 0 Å². The van der Waals surface area contributed by atoms with Crippen LogP contribution in [0.25, 0.3) is 0 Å². The number of rotatable bonds is 7. The van der Waals surface area contributed by atoms with Crippen molar-refractivity contribution in [3.05, 3.63) is 0 Å². The molecule has 2 atom stereocenters. The van der Waals surface area contributed by atoms with Gasteiger partial charge in [-0.15, -0.1) is 0 Å². The predicted molar refractivity (Wildman–Crippen MR) is 70.9 cm³/mol. The lowest BCUT2D eigenvalue weighted by molar-refractivity contribution is 0.146. The zero-order valence-corrected chi connectivity index (χ0v) is 11.5. The van der Waals surface area contributed by atoms with Gasteiger partial charge in [-0.2, -0.15) is 0 Å². The van der Waals surface area contributed by atoms with Gasteiger partial charge in [-0.05, 0) is 46.4 Å². The Bertz CT molecular complexity index is 182. The number of hydrogen-bond acceptors (Lipinski definition) is 3. The van der Waals surface area contributed by atoms with Gasteiger partial charge < -0.3 is 10.2 Å². The quantitative estimate of drug-likeness (QED) is 0.709. The third-order valence-electron chi connectivity index (χ3n) is 3.57. The van der Waals surface area contributed by atoms with Crippen LogP contribution in [-0.4, -0.2) is 62.2 Å². The second-order valence-electron chi connectivity index (χ2n) is 5.17. The van der Waals surface area contributed by atoms with E-state index < -0.39 is 0 Å². The molecule has 3 nitrogen and oxygen atoms in total. The van der Waals surface area contributed by atoms with Crippen molar-refractivity contribution >= 4 is 0 Å². The topological polar surface area (TPSA) is 18.5 Å². The van der Waals surface area contributed by atoms with Crippen LogP contribution < -0.4 is 5.32 Å². The minimum Gasteiger partial charge on any atom is -0.315 e. The molecule has 1 aliphatic heterocycles. The lowest BCUT2D eigenvalue weighted by Gasteiger charge is -2.34.